The molecule has 0 radical (unpaired) electrons. The molecule has 2 unspecified atom stereocenters. The first-order valence-corrected chi connectivity index (χ1v) is 7.72. The standard InChI is InChI=1S/C17H28N2O2/c1-6-18-13(4)11-17(20)19-14(5)15-9-7-8-10-16(15)21-12(2)3/h7-10,12-14,18H,6,11H2,1-5H3,(H,19,20). The summed E-state index contributed by atoms with van der Waals surface area (Å²) in [5.74, 6) is 0.885. The molecule has 21 heavy (non-hydrogen) atoms. The van der Waals surface area contributed by atoms with Crippen molar-refractivity contribution < 1.29 is 9.53 Å². The van der Waals surface area contributed by atoms with Crippen molar-refractivity contribution in [2.24, 2.45) is 0 Å². The highest BCUT2D eigenvalue weighted by Gasteiger charge is 2.16. The number of benzene rings is 1. The fourth-order valence-corrected chi connectivity index (χ4v) is 2.28. The van der Waals surface area contributed by atoms with E-state index < -0.39 is 0 Å². The van der Waals surface area contributed by atoms with Gasteiger partial charge in [-0.3, -0.25) is 4.79 Å². The lowest BCUT2D eigenvalue weighted by Crippen LogP contribution is -2.34. The van der Waals surface area contributed by atoms with Crippen molar-refractivity contribution in [2.75, 3.05) is 6.54 Å². The van der Waals surface area contributed by atoms with Crippen molar-refractivity contribution in [3.63, 3.8) is 0 Å². The van der Waals surface area contributed by atoms with Gasteiger partial charge in [0.15, 0.2) is 0 Å². The Morgan fingerprint density at radius 1 is 1.19 bits per heavy atom. The van der Waals surface area contributed by atoms with Crippen LogP contribution in [0.2, 0.25) is 0 Å². The van der Waals surface area contributed by atoms with Gasteiger partial charge in [0.1, 0.15) is 5.75 Å². The molecule has 0 aliphatic rings. The molecule has 4 heteroatoms. The Bertz CT molecular complexity index is 446. The summed E-state index contributed by atoms with van der Waals surface area (Å²) in [6, 6.07) is 7.97. The van der Waals surface area contributed by atoms with Gasteiger partial charge in [-0.1, -0.05) is 25.1 Å². The predicted octanol–water partition coefficient (Wildman–Crippen LogP) is 3.04. The van der Waals surface area contributed by atoms with Crippen LogP contribution in [0.3, 0.4) is 0 Å². The van der Waals surface area contributed by atoms with Gasteiger partial charge in [0.05, 0.1) is 12.1 Å². The molecule has 0 heterocycles. The Kier molecular flexibility index (Phi) is 7.23. The Morgan fingerprint density at radius 3 is 2.48 bits per heavy atom. The second-order valence-corrected chi connectivity index (χ2v) is 5.66. The van der Waals surface area contributed by atoms with Crippen LogP contribution in [0.4, 0.5) is 0 Å². The van der Waals surface area contributed by atoms with Crippen LogP contribution in [0.25, 0.3) is 0 Å². The molecule has 0 aliphatic heterocycles. The maximum atomic E-state index is 12.1. The normalized spacial score (nSPS) is 13.8. The van der Waals surface area contributed by atoms with Crippen molar-refractivity contribution in [1.82, 2.24) is 10.6 Å². The number of rotatable bonds is 8. The monoisotopic (exact) mass is 292 g/mol. The van der Waals surface area contributed by atoms with Gasteiger partial charge < -0.3 is 15.4 Å². The van der Waals surface area contributed by atoms with Crippen molar-refractivity contribution in [3.05, 3.63) is 29.8 Å². The van der Waals surface area contributed by atoms with Crippen molar-refractivity contribution in [2.45, 2.75) is 59.2 Å². The Labute approximate surface area is 128 Å². The van der Waals surface area contributed by atoms with Crippen LogP contribution < -0.4 is 15.4 Å². The highest BCUT2D eigenvalue weighted by atomic mass is 16.5. The summed E-state index contributed by atoms with van der Waals surface area (Å²) in [6.07, 6.45) is 0.591. The lowest BCUT2D eigenvalue weighted by molar-refractivity contribution is -0.122. The van der Waals surface area contributed by atoms with E-state index in [-0.39, 0.29) is 24.1 Å². The Hall–Kier alpha value is -1.55. The molecule has 1 aromatic rings. The number of carbonyl (C=O) groups is 1. The van der Waals surface area contributed by atoms with Crippen LogP contribution >= 0.6 is 0 Å². The molecule has 0 saturated heterocycles. The topological polar surface area (TPSA) is 50.4 Å². The number of hydrogen-bond donors (Lipinski definition) is 2. The number of amides is 1. The smallest absolute Gasteiger partial charge is 0.222 e. The maximum absolute atomic E-state index is 12.1. The second kappa shape index (κ2) is 8.67. The molecule has 2 N–H and O–H groups in total. The fourth-order valence-electron chi connectivity index (χ4n) is 2.28. The van der Waals surface area contributed by atoms with Gasteiger partial charge in [-0.15, -0.1) is 0 Å². The lowest BCUT2D eigenvalue weighted by atomic mass is 10.1. The number of nitrogens with one attached hydrogen (secondary N) is 2. The van der Waals surface area contributed by atoms with Crippen LogP contribution in [0, 0.1) is 0 Å². The van der Waals surface area contributed by atoms with Gasteiger partial charge in [-0.25, -0.2) is 0 Å². The molecule has 0 aromatic heterocycles. The largest absolute Gasteiger partial charge is 0.491 e. The molecular formula is C17H28N2O2. The van der Waals surface area contributed by atoms with Gasteiger partial charge >= 0.3 is 0 Å². The van der Waals surface area contributed by atoms with E-state index in [1.54, 1.807) is 0 Å². The molecule has 4 nitrogen and oxygen atoms in total. The third-order valence-corrected chi connectivity index (χ3v) is 3.17. The molecular weight excluding hydrogens is 264 g/mol. The van der Waals surface area contributed by atoms with Crippen molar-refractivity contribution in [1.29, 1.82) is 0 Å². The van der Waals surface area contributed by atoms with Crippen LogP contribution in [0.15, 0.2) is 24.3 Å². The first-order valence-electron chi connectivity index (χ1n) is 7.72. The zero-order valence-corrected chi connectivity index (χ0v) is 13.8. The summed E-state index contributed by atoms with van der Waals surface area (Å²) in [5, 5.41) is 6.28. The number of carbonyl (C=O) groups excluding carboxylic acids is 1. The molecule has 2 atom stereocenters. The summed E-state index contributed by atoms with van der Waals surface area (Å²) in [4.78, 5) is 12.1. The van der Waals surface area contributed by atoms with Gasteiger partial charge in [0.2, 0.25) is 5.91 Å². The predicted molar refractivity (Wildman–Crippen MR) is 86.5 cm³/mol. The van der Waals surface area contributed by atoms with E-state index in [4.69, 9.17) is 4.74 Å². The van der Waals surface area contributed by atoms with Crippen molar-refractivity contribution in [3.8, 4) is 5.75 Å². The molecule has 118 valence electrons. The van der Waals surface area contributed by atoms with Gasteiger partial charge in [0.25, 0.3) is 0 Å². The number of para-hydroxylation sites is 1. The van der Waals surface area contributed by atoms with Crippen LogP contribution in [-0.4, -0.2) is 24.6 Å². The SMILES string of the molecule is CCNC(C)CC(=O)NC(C)c1ccccc1OC(C)C. The highest BCUT2D eigenvalue weighted by molar-refractivity contribution is 5.77. The molecule has 1 aromatic carbocycles. The number of ether oxygens (including phenoxy) is 1. The van der Waals surface area contributed by atoms with E-state index in [2.05, 4.69) is 10.6 Å². The minimum atomic E-state index is -0.0683. The van der Waals surface area contributed by atoms with E-state index in [9.17, 15) is 4.79 Å². The van der Waals surface area contributed by atoms with E-state index >= 15 is 0 Å². The van der Waals surface area contributed by atoms with E-state index in [1.165, 1.54) is 0 Å². The molecule has 1 amide bonds. The zero-order valence-electron chi connectivity index (χ0n) is 13.8. The van der Waals surface area contributed by atoms with Crippen molar-refractivity contribution >= 4 is 5.91 Å². The molecule has 1 rings (SSSR count). The maximum Gasteiger partial charge on any atom is 0.222 e. The molecule has 0 aliphatic carbocycles. The summed E-state index contributed by atoms with van der Waals surface area (Å²) in [6.45, 7) is 10.9. The quantitative estimate of drug-likeness (QED) is 0.774. The summed E-state index contributed by atoms with van der Waals surface area (Å²) < 4.78 is 5.80. The van der Waals surface area contributed by atoms with Crippen LogP contribution in [0.1, 0.15) is 52.6 Å². The minimum absolute atomic E-state index is 0.0512. The van der Waals surface area contributed by atoms with Gasteiger partial charge in [-0.2, -0.15) is 0 Å². The third kappa shape index (κ3) is 6.17. The molecule has 0 saturated carbocycles. The van der Waals surface area contributed by atoms with Crippen LogP contribution in [0.5, 0.6) is 5.75 Å². The van der Waals surface area contributed by atoms with E-state index in [0.29, 0.717) is 6.42 Å². The van der Waals surface area contributed by atoms with E-state index in [0.717, 1.165) is 17.9 Å². The fraction of sp³-hybridized carbons (Fsp3) is 0.588. The lowest BCUT2D eigenvalue weighted by Gasteiger charge is -2.20. The average Bonchev–Trinajstić information content (AvgIpc) is 2.38. The molecule has 0 fully saturated rings. The van der Waals surface area contributed by atoms with Gasteiger partial charge in [-0.05, 0) is 40.3 Å². The Balaban J connectivity index is 2.66. The molecule has 0 spiro atoms. The first-order chi connectivity index (χ1) is 9.93. The summed E-state index contributed by atoms with van der Waals surface area (Å²) in [5.41, 5.74) is 1.01. The average molecular weight is 292 g/mol. The van der Waals surface area contributed by atoms with E-state index in [1.807, 2.05) is 58.9 Å². The second-order valence-electron chi connectivity index (χ2n) is 5.66. The number of hydrogen-bond acceptors (Lipinski definition) is 3. The molecule has 0 bridgehead atoms. The minimum Gasteiger partial charge on any atom is -0.491 e. The van der Waals surface area contributed by atoms with Crippen LogP contribution in [-0.2, 0) is 4.79 Å². The third-order valence-electron chi connectivity index (χ3n) is 3.17. The zero-order chi connectivity index (χ0) is 15.8. The first kappa shape index (κ1) is 17.5. The summed E-state index contributed by atoms with van der Waals surface area (Å²) in [7, 11) is 0. The highest BCUT2D eigenvalue weighted by Crippen LogP contribution is 2.25. The Morgan fingerprint density at radius 2 is 1.86 bits per heavy atom. The summed E-state index contributed by atoms with van der Waals surface area (Å²) >= 11 is 0. The van der Waals surface area contributed by atoms with Gasteiger partial charge in [0, 0.05) is 18.0 Å².